The normalized spacial score (nSPS) is 11.1. The molecule has 2 rings (SSSR count). The van der Waals surface area contributed by atoms with Gasteiger partial charge in [-0.1, -0.05) is 23.7 Å². The average molecular weight is 431 g/mol. The van der Waals surface area contributed by atoms with Crippen LogP contribution in [0.4, 0.5) is 5.69 Å². The Morgan fingerprint density at radius 3 is 2.43 bits per heavy atom. The second-order valence-electron chi connectivity index (χ2n) is 7.20. The summed E-state index contributed by atoms with van der Waals surface area (Å²) in [6, 6.07) is 10.3. The molecule has 160 valence electrons. The van der Waals surface area contributed by atoms with E-state index in [2.05, 4.69) is 10.6 Å². The second kappa shape index (κ2) is 10.7. The Morgan fingerprint density at radius 1 is 1.10 bits per heavy atom. The first kappa shape index (κ1) is 23.3. The van der Waals surface area contributed by atoms with Crippen LogP contribution >= 0.6 is 11.6 Å². The van der Waals surface area contributed by atoms with Gasteiger partial charge in [-0.2, -0.15) is 0 Å². The number of nitrogens with one attached hydrogen (secondary N) is 2. The van der Waals surface area contributed by atoms with E-state index in [9.17, 15) is 9.59 Å². The minimum atomic E-state index is -0.377. The van der Waals surface area contributed by atoms with E-state index in [0.29, 0.717) is 33.3 Å². The van der Waals surface area contributed by atoms with Crippen molar-refractivity contribution >= 4 is 35.2 Å². The molecule has 2 aromatic carbocycles. The van der Waals surface area contributed by atoms with Crippen molar-refractivity contribution in [2.45, 2.75) is 39.8 Å². The van der Waals surface area contributed by atoms with Gasteiger partial charge in [-0.3, -0.25) is 9.59 Å². The topological polar surface area (TPSA) is 76.7 Å². The van der Waals surface area contributed by atoms with Crippen molar-refractivity contribution in [2.75, 3.05) is 12.4 Å². The summed E-state index contributed by atoms with van der Waals surface area (Å²) in [4.78, 5) is 24.7. The number of benzene rings is 2. The molecule has 7 heteroatoms. The summed E-state index contributed by atoms with van der Waals surface area (Å²) < 4.78 is 11.0. The highest BCUT2D eigenvalue weighted by Crippen LogP contribution is 2.37. The van der Waals surface area contributed by atoms with E-state index < -0.39 is 0 Å². The zero-order chi connectivity index (χ0) is 22.3. The molecule has 0 unspecified atom stereocenters. The van der Waals surface area contributed by atoms with E-state index in [1.807, 2.05) is 27.7 Å². The van der Waals surface area contributed by atoms with Crippen molar-refractivity contribution < 1.29 is 19.1 Å². The molecule has 0 radical (unpaired) electrons. The smallest absolute Gasteiger partial charge is 0.253 e. The maximum atomic E-state index is 12.4. The zero-order valence-corrected chi connectivity index (χ0v) is 18.5. The Bertz CT molecular complexity index is 939. The molecule has 0 bridgehead atoms. The maximum absolute atomic E-state index is 12.4. The molecule has 0 fully saturated rings. The van der Waals surface area contributed by atoms with Crippen molar-refractivity contribution in [3.05, 3.63) is 58.6 Å². The molecule has 0 saturated heterocycles. The molecule has 0 atom stereocenters. The number of ether oxygens (including phenoxy) is 2. The standard InChI is InChI=1S/C23H27ClN2O4/c1-14(2)25-23(28)17-8-6-7-9-19(17)26-21(27)11-10-16-12-18(24)22(30-15(3)4)20(13-16)29-5/h6-15H,1-5H3,(H,25,28)(H,26,27)/b11-10+. The van der Waals surface area contributed by atoms with Gasteiger partial charge in [-0.25, -0.2) is 0 Å². The molecule has 0 aliphatic heterocycles. The number of carbonyl (C=O) groups is 2. The SMILES string of the molecule is COc1cc(/C=C/C(=O)Nc2ccccc2C(=O)NC(C)C)cc(Cl)c1OC(C)C. The summed E-state index contributed by atoms with van der Waals surface area (Å²) in [6.07, 6.45) is 2.92. The van der Waals surface area contributed by atoms with Crippen LogP contribution in [-0.2, 0) is 4.79 Å². The largest absolute Gasteiger partial charge is 0.493 e. The fourth-order valence-electron chi connectivity index (χ4n) is 2.66. The van der Waals surface area contributed by atoms with Gasteiger partial charge >= 0.3 is 0 Å². The lowest BCUT2D eigenvalue weighted by atomic mass is 10.1. The summed E-state index contributed by atoms with van der Waals surface area (Å²) in [5.74, 6) is 0.312. The number of carbonyl (C=O) groups excluding carboxylic acids is 2. The van der Waals surface area contributed by atoms with Crippen molar-refractivity contribution in [3.8, 4) is 11.5 Å². The second-order valence-corrected chi connectivity index (χ2v) is 7.60. The third kappa shape index (κ3) is 6.52. The predicted molar refractivity (Wildman–Crippen MR) is 120 cm³/mol. The van der Waals surface area contributed by atoms with Gasteiger partial charge in [-0.15, -0.1) is 0 Å². The number of methoxy groups -OCH3 is 1. The number of para-hydroxylation sites is 1. The number of anilines is 1. The molecule has 0 aromatic heterocycles. The lowest BCUT2D eigenvalue weighted by Gasteiger charge is -2.15. The summed E-state index contributed by atoms with van der Waals surface area (Å²) in [5, 5.41) is 5.95. The Hall–Kier alpha value is -2.99. The van der Waals surface area contributed by atoms with Crippen molar-refractivity contribution in [1.82, 2.24) is 5.32 Å². The Labute approximate surface area is 182 Å². The third-order valence-corrected chi connectivity index (χ3v) is 4.16. The molecule has 0 aliphatic rings. The summed E-state index contributed by atoms with van der Waals surface area (Å²) in [6.45, 7) is 7.54. The molecule has 0 heterocycles. The molecule has 30 heavy (non-hydrogen) atoms. The fraction of sp³-hybridized carbons (Fsp3) is 0.304. The number of hydrogen-bond acceptors (Lipinski definition) is 4. The Balaban J connectivity index is 2.18. The van der Waals surface area contributed by atoms with Gasteiger partial charge in [0.2, 0.25) is 5.91 Å². The van der Waals surface area contributed by atoms with E-state index in [1.165, 1.54) is 13.2 Å². The molecule has 0 spiro atoms. The quantitative estimate of drug-likeness (QED) is 0.582. The summed E-state index contributed by atoms with van der Waals surface area (Å²) in [5.41, 5.74) is 1.50. The molecule has 2 amide bonds. The van der Waals surface area contributed by atoms with Crippen molar-refractivity contribution in [3.63, 3.8) is 0 Å². The molecule has 6 nitrogen and oxygen atoms in total. The summed E-state index contributed by atoms with van der Waals surface area (Å²) in [7, 11) is 1.53. The van der Waals surface area contributed by atoms with E-state index in [1.54, 1.807) is 42.5 Å². The Kier molecular flexibility index (Phi) is 8.30. The number of hydrogen-bond donors (Lipinski definition) is 2. The van der Waals surface area contributed by atoms with Crippen molar-refractivity contribution in [1.29, 1.82) is 0 Å². The van der Waals surface area contributed by atoms with Gasteiger partial charge in [-0.05, 0) is 63.6 Å². The van der Waals surface area contributed by atoms with Crippen LogP contribution in [0, 0.1) is 0 Å². The highest BCUT2D eigenvalue weighted by Gasteiger charge is 2.14. The van der Waals surface area contributed by atoms with Crippen LogP contribution in [0.2, 0.25) is 5.02 Å². The van der Waals surface area contributed by atoms with Crippen LogP contribution in [0.25, 0.3) is 6.08 Å². The Morgan fingerprint density at radius 2 is 1.80 bits per heavy atom. The lowest BCUT2D eigenvalue weighted by molar-refractivity contribution is -0.111. The number of rotatable bonds is 8. The van der Waals surface area contributed by atoms with Gasteiger partial charge in [0.1, 0.15) is 0 Å². The minimum absolute atomic E-state index is 0.0106. The first-order valence-electron chi connectivity index (χ1n) is 9.64. The monoisotopic (exact) mass is 430 g/mol. The minimum Gasteiger partial charge on any atom is -0.493 e. The van der Waals surface area contributed by atoms with Gasteiger partial charge in [0.25, 0.3) is 5.91 Å². The molecule has 2 N–H and O–H groups in total. The van der Waals surface area contributed by atoms with Crippen LogP contribution in [0.1, 0.15) is 43.6 Å². The molecule has 2 aromatic rings. The van der Waals surface area contributed by atoms with E-state index >= 15 is 0 Å². The van der Waals surface area contributed by atoms with Crippen LogP contribution < -0.4 is 20.1 Å². The van der Waals surface area contributed by atoms with Crippen LogP contribution in [0.5, 0.6) is 11.5 Å². The summed E-state index contributed by atoms with van der Waals surface area (Å²) >= 11 is 6.32. The van der Waals surface area contributed by atoms with E-state index in [-0.39, 0.29) is 24.0 Å². The zero-order valence-electron chi connectivity index (χ0n) is 17.8. The average Bonchev–Trinajstić information content (AvgIpc) is 2.67. The van der Waals surface area contributed by atoms with Crippen LogP contribution in [0.3, 0.4) is 0 Å². The van der Waals surface area contributed by atoms with Crippen LogP contribution in [0.15, 0.2) is 42.5 Å². The predicted octanol–water partition coefficient (Wildman–Crippen LogP) is 4.93. The number of halogens is 1. The fourth-order valence-corrected chi connectivity index (χ4v) is 2.93. The van der Waals surface area contributed by atoms with E-state index in [4.69, 9.17) is 21.1 Å². The maximum Gasteiger partial charge on any atom is 0.253 e. The molecule has 0 saturated carbocycles. The molecular formula is C23H27ClN2O4. The van der Waals surface area contributed by atoms with Gasteiger partial charge in [0, 0.05) is 12.1 Å². The van der Waals surface area contributed by atoms with Gasteiger partial charge < -0.3 is 20.1 Å². The van der Waals surface area contributed by atoms with Gasteiger partial charge in [0.05, 0.1) is 29.5 Å². The highest BCUT2D eigenvalue weighted by molar-refractivity contribution is 6.32. The number of amides is 2. The lowest BCUT2D eigenvalue weighted by Crippen LogP contribution is -2.30. The third-order valence-electron chi connectivity index (χ3n) is 3.88. The van der Waals surface area contributed by atoms with Gasteiger partial charge in [0.15, 0.2) is 11.5 Å². The van der Waals surface area contributed by atoms with E-state index in [0.717, 1.165) is 0 Å². The molecule has 0 aliphatic carbocycles. The highest BCUT2D eigenvalue weighted by atomic mass is 35.5. The van der Waals surface area contributed by atoms with Crippen LogP contribution in [-0.4, -0.2) is 31.1 Å². The first-order valence-corrected chi connectivity index (χ1v) is 10.0. The first-order chi connectivity index (χ1) is 14.2. The molecular weight excluding hydrogens is 404 g/mol. The van der Waals surface area contributed by atoms with Crippen molar-refractivity contribution in [2.24, 2.45) is 0 Å².